The maximum Gasteiger partial charge on any atom is 0.295 e. The zero-order chi connectivity index (χ0) is 22.0. The number of hydrogen-bond donors (Lipinski definition) is 1. The first-order chi connectivity index (χ1) is 15.0. The predicted octanol–water partition coefficient (Wildman–Crippen LogP) is 1.77. The van der Waals surface area contributed by atoms with Gasteiger partial charge in [0.2, 0.25) is 11.1 Å². The summed E-state index contributed by atoms with van der Waals surface area (Å²) in [5, 5.41) is 14.6. The number of nitrogens with one attached hydrogen (secondary N) is 1. The highest BCUT2D eigenvalue weighted by molar-refractivity contribution is 8.00. The fourth-order valence-electron chi connectivity index (χ4n) is 3.53. The zero-order valence-corrected chi connectivity index (χ0v) is 18.5. The standard InChI is InChI=1S/C20H25N7O3S/c1-13-17(19(29)27(25(13)3)15-8-5-4-6-9-15)21-18(28)14(2)31-20-22-23-24-26(20)12-16-10-7-11-30-16/h4-6,8-9,14,16H,7,10-12H2,1-3H3,(H,21,28)/t14-,16-/m0/s1. The summed E-state index contributed by atoms with van der Waals surface area (Å²) in [6, 6.07) is 9.31. The molecule has 3 aromatic rings. The minimum Gasteiger partial charge on any atom is -0.376 e. The lowest BCUT2D eigenvalue weighted by Crippen LogP contribution is -2.27. The third-order valence-electron chi connectivity index (χ3n) is 5.35. The monoisotopic (exact) mass is 443 g/mol. The van der Waals surface area contributed by atoms with Crippen LogP contribution in [0.25, 0.3) is 5.69 Å². The molecule has 1 amide bonds. The summed E-state index contributed by atoms with van der Waals surface area (Å²) in [5.74, 6) is -0.289. The van der Waals surface area contributed by atoms with Crippen molar-refractivity contribution >= 4 is 23.4 Å². The number of rotatable bonds is 7. The van der Waals surface area contributed by atoms with E-state index in [0.717, 1.165) is 25.1 Å². The van der Waals surface area contributed by atoms with Crippen LogP contribution in [0.2, 0.25) is 0 Å². The van der Waals surface area contributed by atoms with Crippen LogP contribution in [0.15, 0.2) is 40.3 Å². The zero-order valence-electron chi connectivity index (χ0n) is 17.7. The van der Waals surface area contributed by atoms with Crippen LogP contribution in [-0.2, 0) is 23.1 Å². The second kappa shape index (κ2) is 9.06. The smallest absolute Gasteiger partial charge is 0.295 e. The van der Waals surface area contributed by atoms with Crippen molar-refractivity contribution < 1.29 is 9.53 Å². The van der Waals surface area contributed by atoms with E-state index in [0.29, 0.717) is 17.4 Å². The van der Waals surface area contributed by atoms with Crippen LogP contribution in [-0.4, -0.2) is 53.4 Å². The molecule has 1 aliphatic rings. The van der Waals surface area contributed by atoms with Crippen molar-refractivity contribution in [2.75, 3.05) is 11.9 Å². The molecule has 2 atom stereocenters. The van der Waals surface area contributed by atoms with Crippen molar-refractivity contribution in [1.82, 2.24) is 29.6 Å². The second-order valence-corrected chi connectivity index (χ2v) is 8.77. The lowest BCUT2D eigenvalue weighted by Gasteiger charge is -2.13. The summed E-state index contributed by atoms with van der Waals surface area (Å²) in [4.78, 5) is 25.9. The van der Waals surface area contributed by atoms with Crippen LogP contribution in [0.4, 0.5) is 5.69 Å². The van der Waals surface area contributed by atoms with E-state index >= 15 is 0 Å². The molecule has 164 valence electrons. The predicted molar refractivity (Wildman–Crippen MR) is 116 cm³/mol. The molecular weight excluding hydrogens is 418 g/mol. The molecule has 0 saturated carbocycles. The van der Waals surface area contributed by atoms with Gasteiger partial charge in [0.1, 0.15) is 5.69 Å². The quantitative estimate of drug-likeness (QED) is 0.554. The number of nitrogens with zero attached hydrogens (tertiary/aromatic N) is 6. The van der Waals surface area contributed by atoms with Gasteiger partial charge in [0.05, 0.1) is 29.3 Å². The van der Waals surface area contributed by atoms with E-state index < -0.39 is 5.25 Å². The lowest BCUT2D eigenvalue weighted by molar-refractivity contribution is -0.115. The largest absolute Gasteiger partial charge is 0.376 e. The minimum atomic E-state index is -0.501. The van der Waals surface area contributed by atoms with Gasteiger partial charge in [-0.1, -0.05) is 30.0 Å². The average molecular weight is 444 g/mol. The van der Waals surface area contributed by atoms with Gasteiger partial charge in [0.15, 0.2) is 0 Å². The molecule has 10 nitrogen and oxygen atoms in total. The first-order valence-corrected chi connectivity index (χ1v) is 11.0. The number of tetrazole rings is 1. The van der Waals surface area contributed by atoms with E-state index in [9.17, 15) is 9.59 Å². The van der Waals surface area contributed by atoms with Crippen LogP contribution in [0.3, 0.4) is 0 Å². The molecule has 31 heavy (non-hydrogen) atoms. The van der Waals surface area contributed by atoms with Gasteiger partial charge in [0.25, 0.3) is 5.56 Å². The van der Waals surface area contributed by atoms with Gasteiger partial charge in [-0.05, 0) is 49.2 Å². The maximum atomic E-state index is 13.0. The molecule has 1 aromatic carbocycles. The molecule has 11 heteroatoms. The molecule has 1 fully saturated rings. The number of anilines is 1. The SMILES string of the molecule is Cc1c(NC(=O)[C@H](C)Sc2nnnn2C[C@@H]2CCCO2)c(=O)n(-c2ccccc2)n1C. The van der Waals surface area contributed by atoms with Crippen LogP contribution in [0.1, 0.15) is 25.5 Å². The van der Waals surface area contributed by atoms with E-state index in [2.05, 4.69) is 20.8 Å². The molecule has 1 aliphatic heterocycles. The molecule has 1 saturated heterocycles. The van der Waals surface area contributed by atoms with Crippen LogP contribution in [0.5, 0.6) is 0 Å². The molecule has 0 radical (unpaired) electrons. The van der Waals surface area contributed by atoms with Gasteiger partial charge in [-0.2, -0.15) is 0 Å². The van der Waals surface area contributed by atoms with Gasteiger partial charge in [-0.15, -0.1) is 5.10 Å². The molecule has 0 unspecified atom stereocenters. The Balaban J connectivity index is 1.48. The molecule has 0 spiro atoms. The van der Waals surface area contributed by atoms with E-state index in [1.54, 1.807) is 30.3 Å². The van der Waals surface area contributed by atoms with Gasteiger partial charge >= 0.3 is 0 Å². The molecular formula is C20H25N7O3S. The molecule has 3 heterocycles. The van der Waals surface area contributed by atoms with E-state index in [1.165, 1.54) is 16.4 Å². The average Bonchev–Trinajstić information content (AvgIpc) is 3.48. The van der Waals surface area contributed by atoms with E-state index in [4.69, 9.17) is 4.74 Å². The van der Waals surface area contributed by atoms with Gasteiger partial charge in [-0.25, -0.2) is 9.36 Å². The summed E-state index contributed by atoms with van der Waals surface area (Å²) in [6.07, 6.45) is 2.10. The molecule has 0 aliphatic carbocycles. The Morgan fingerprint density at radius 3 is 2.84 bits per heavy atom. The third-order valence-corrected chi connectivity index (χ3v) is 6.42. The first kappa shape index (κ1) is 21.3. The number of carbonyl (C=O) groups is 1. The van der Waals surface area contributed by atoms with Crippen molar-refractivity contribution in [1.29, 1.82) is 0 Å². The number of para-hydroxylation sites is 1. The highest BCUT2D eigenvalue weighted by atomic mass is 32.2. The molecule has 1 N–H and O–H groups in total. The molecule has 0 bridgehead atoms. The summed E-state index contributed by atoms with van der Waals surface area (Å²) in [6.45, 7) is 4.88. The Kier molecular flexibility index (Phi) is 6.23. The summed E-state index contributed by atoms with van der Waals surface area (Å²) in [7, 11) is 1.79. The number of ether oxygens (including phenoxy) is 1. The van der Waals surface area contributed by atoms with Crippen LogP contribution < -0.4 is 10.9 Å². The highest BCUT2D eigenvalue weighted by Gasteiger charge is 2.24. The van der Waals surface area contributed by atoms with E-state index in [-0.39, 0.29) is 23.3 Å². The van der Waals surface area contributed by atoms with Crippen molar-refractivity contribution in [3.05, 3.63) is 46.4 Å². The number of carbonyl (C=O) groups excluding carboxylic acids is 1. The third kappa shape index (κ3) is 4.42. The second-order valence-electron chi connectivity index (χ2n) is 7.46. The maximum absolute atomic E-state index is 13.0. The Morgan fingerprint density at radius 1 is 1.35 bits per heavy atom. The van der Waals surface area contributed by atoms with Crippen LogP contribution >= 0.6 is 11.8 Å². The number of amides is 1. The summed E-state index contributed by atoms with van der Waals surface area (Å²) in [5.41, 5.74) is 1.39. The number of benzene rings is 1. The van der Waals surface area contributed by atoms with Crippen molar-refractivity contribution in [3.63, 3.8) is 0 Å². The van der Waals surface area contributed by atoms with Crippen LogP contribution in [0, 0.1) is 6.92 Å². The topological polar surface area (TPSA) is 109 Å². The summed E-state index contributed by atoms with van der Waals surface area (Å²) >= 11 is 1.25. The van der Waals surface area contributed by atoms with Crippen molar-refractivity contribution in [2.45, 2.75) is 49.7 Å². The number of thioether (sulfide) groups is 1. The van der Waals surface area contributed by atoms with Gasteiger partial charge < -0.3 is 10.1 Å². The minimum absolute atomic E-state index is 0.0930. The summed E-state index contributed by atoms with van der Waals surface area (Å²) < 4.78 is 10.6. The molecule has 2 aromatic heterocycles. The fraction of sp³-hybridized carbons (Fsp3) is 0.450. The number of aromatic nitrogens is 6. The number of hydrogen-bond acceptors (Lipinski definition) is 7. The van der Waals surface area contributed by atoms with Gasteiger partial charge in [-0.3, -0.25) is 14.3 Å². The van der Waals surface area contributed by atoms with Crippen molar-refractivity contribution in [2.24, 2.45) is 7.05 Å². The Bertz CT molecular complexity index is 1120. The first-order valence-electron chi connectivity index (χ1n) is 10.1. The molecule has 4 rings (SSSR count). The Labute approximate surface area is 183 Å². The highest BCUT2D eigenvalue weighted by Crippen LogP contribution is 2.23. The Morgan fingerprint density at radius 2 is 2.13 bits per heavy atom. The Hall–Kier alpha value is -2.92. The lowest BCUT2D eigenvalue weighted by atomic mass is 10.2. The van der Waals surface area contributed by atoms with E-state index in [1.807, 2.05) is 30.3 Å². The fourth-order valence-corrected chi connectivity index (χ4v) is 4.32. The normalized spacial score (nSPS) is 17.1. The van der Waals surface area contributed by atoms with Crippen molar-refractivity contribution in [3.8, 4) is 5.69 Å². The van der Waals surface area contributed by atoms with Gasteiger partial charge in [0, 0.05) is 13.7 Å².